The predicted molar refractivity (Wildman–Crippen MR) is 69.4 cm³/mol. The van der Waals surface area contributed by atoms with Crippen LogP contribution in [0.15, 0.2) is 0 Å². The summed E-state index contributed by atoms with van der Waals surface area (Å²) >= 11 is 0. The first kappa shape index (κ1) is 12.9. The zero-order valence-electron chi connectivity index (χ0n) is 11.6. The fourth-order valence-corrected chi connectivity index (χ4v) is 2.88. The van der Waals surface area contributed by atoms with Gasteiger partial charge in [-0.1, -0.05) is 27.7 Å². The van der Waals surface area contributed by atoms with Crippen molar-refractivity contribution in [2.75, 3.05) is 6.54 Å². The summed E-state index contributed by atoms with van der Waals surface area (Å²) in [4.78, 5) is 14.4. The molecule has 2 fully saturated rings. The van der Waals surface area contributed by atoms with Crippen molar-refractivity contribution in [2.24, 2.45) is 17.8 Å². The summed E-state index contributed by atoms with van der Waals surface area (Å²) in [5, 5.41) is 3.48. The molecular formula is C14H26N2O. The van der Waals surface area contributed by atoms with E-state index in [0.29, 0.717) is 17.7 Å². The highest BCUT2D eigenvalue weighted by molar-refractivity contribution is 5.84. The number of nitrogens with zero attached hydrogens (tertiary/aromatic N) is 1. The van der Waals surface area contributed by atoms with Gasteiger partial charge >= 0.3 is 0 Å². The topological polar surface area (TPSA) is 32.3 Å². The lowest BCUT2D eigenvalue weighted by Gasteiger charge is -2.29. The summed E-state index contributed by atoms with van der Waals surface area (Å²) in [6.07, 6.45) is 3.87. The molecule has 2 rings (SSSR count). The average Bonchev–Trinajstić information content (AvgIpc) is 3.07. The summed E-state index contributed by atoms with van der Waals surface area (Å²) in [5.74, 6) is 2.34. The largest absolute Gasteiger partial charge is 0.325 e. The van der Waals surface area contributed by atoms with Crippen molar-refractivity contribution in [3.05, 3.63) is 0 Å². The van der Waals surface area contributed by atoms with Crippen LogP contribution < -0.4 is 5.32 Å². The van der Waals surface area contributed by atoms with Crippen LogP contribution in [0, 0.1) is 17.8 Å². The Labute approximate surface area is 105 Å². The van der Waals surface area contributed by atoms with Gasteiger partial charge in [-0.05, 0) is 37.0 Å². The van der Waals surface area contributed by atoms with E-state index in [-0.39, 0.29) is 12.2 Å². The van der Waals surface area contributed by atoms with E-state index in [9.17, 15) is 4.79 Å². The van der Waals surface area contributed by atoms with Crippen LogP contribution in [0.2, 0.25) is 0 Å². The van der Waals surface area contributed by atoms with Crippen LogP contribution in [0.3, 0.4) is 0 Å². The third-order valence-corrected chi connectivity index (χ3v) is 4.24. The Morgan fingerprint density at radius 3 is 2.47 bits per heavy atom. The van der Waals surface area contributed by atoms with Gasteiger partial charge in [-0.25, -0.2) is 0 Å². The lowest BCUT2D eigenvalue weighted by atomic mass is 10.0. The fraction of sp³-hybridized carbons (Fsp3) is 0.929. The van der Waals surface area contributed by atoms with Crippen molar-refractivity contribution >= 4 is 5.91 Å². The number of amides is 1. The third-order valence-electron chi connectivity index (χ3n) is 4.24. The number of hydrogen-bond acceptors (Lipinski definition) is 2. The van der Waals surface area contributed by atoms with Gasteiger partial charge in [0.05, 0.1) is 12.2 Å². The molecule has 0 spiro atoms. The van der Waals surface area contributed by atoms with Gasteiger partial charge in [0.1, 0.15) is 0 Å². The van der Waals surface area contributed by atoms with E-state index < -0.39 is 0 Å². The highest BCUT2D eigenvalue weighted by Gasteiger charge is 2.41. The highest BCUT2D eigenvalue weighted by atomic mass is 16.2. The van der Waals surface area contributed by atoms with Crippen molar-refractivity contribution in [2.45, 2.75) is 59.2 Å². The minimum absolute atomic E-state index is 0.0498. The van der Waals surface area contributed by atoms with Gasteiger partial charge < -0.3 is 4.90 Å². The van der Waals surface area contributed by atoms with E-state index in [4.69, 9.17) is 0 Å². The maximum Gasteiger partial charge on any atom is 0.241 e. The number of carbonyl (C=O) groups excluding carboxylic acids is 1. The smallest absolute Gasteiger partial charge is 0.241 e. The lowest BCUT2D eigenvalue weighted by Crippen LogP contribution is -2.43. The summed E-state index contributed by atoms with van der Waals surface area (Å²) in [6, 6.07) is 0.0498. The van der Waals surface area contributed by atoms with Crippen molar-refractivity contribution < 1.29 is 4.79 Å². The molecule has 1 saturated heterocycles. The van der Waals surface area contributed by atoms with Crippen molar-refractivity contribution in [3.63, 3.8) is 0 Å². The molecule has 1 aliphatic heterocycles. The van der Waals surface area contributed by atoms with Crippen LogP contribution in [0.25, 0.3) is 0 Å². The highest BCUT2D eigenvalue weighted by Crippen LogP contribution is 2.37. The normalized spacial score (nSPS) is 31.4. The Morgan fingerprint density at radius 1 is 1.35 bits per heavy atom. The zero-order chi connectivity index (χ0) is 12.6. The Bertz CT molecular complexity index is 286. The molecule has 3 heteroatoms. The average molecular weight is 238 g/mol. The summed E-state index contributed by atoms with van der Waals surface area (Å²) in [6.45, 7) is 9.70. The SMILES string of the molecule is CCC1NC(C(C)C)N(CC(C)C2CC2)C1=O. The number of rotatable bonds is 5. The number of carbonyl (C=O) groups is 1. The van der Waals surface area contributed by atoms with E-state index in [1.165, 1.54) is 12.8 Å². The summed E-state index contributed by atoms with van der Waals surface area (Å²) in [7, 11) is 0. The quantitative estimate of drug-likeness (QED) is 0.796. The first-order valence-electron chi connectivity index (χ1n) is 7.11. The van der Waals surface area contributed by atoms with Crippen LogP contribution in [0.1, 0.15) is 47.0 Å². The van der Waals surface area contributed by atoms with Crippen molar-refractivity contribution in [1.29, 1.82) is 0 Å². The minimum atomic E-state index is 0.0498. The molecule has 0 aromatic carbocycles. The van der Waals surface area contributed by atoms with Crippen LogP contribution in [-0.2, 0) is 4.79 Å². The molecule has 1 amide bonds. The second-order valence-electron chi connectivity index (χ2n) is 6.12. The molecule has 0 bridgehead atoms. The van der Waals surface area contributed by atoms with Crippen LogP contribution >= 0.6 is 0 Å². The summed E-state index contributed by atoms with van der Waals surface area (Å²) < 4.78 is 0. The van der Waals surface area contributed by atoms with Gasteiger partial charge in [0.15, 0.2) is 0 Å². The second kappa shape index (κ2) is 4.97. The van der Waals surface area contributed by atoms with E-state index in [2.05, 4.69) is 37.9 Å². The van der Waals surface area contributed by atoms with Crippen LogP contribution in [0.5, 0.6) is 0 Å². The molecule has 3 nitrogen and oxygen atoms in total. The Morgan fingerprint density at radius 2 is 2.00 bits per heavy atom. The lowest BCUT2D eigenvalue weighted by molar-refractivity contribution is -0.131. The first-order valence-corrected chi connectivity index (χ1v) is 7.11. The standard InChI is InChI=1S/C14H26N2O/c1-5-12-14(17)16(13(15-12)9(2)3)8-10(4)11-6-7-11/h9-13,15H,5-8H2,1-4H3. The molecular weight excluding hydrogens is 212 g/mol. The Hall–Kier alpha value is -0.570. The molecule has 0 aromatic rings. The van der Waals surface area contributed by atoms with Crippen LogP contribution in [-0.4, -0.2) is 29.6 Å². The third kappa shape index (κ3) is 2.65. The Balaban J connectivity index is 2.02. The molecule has 17 heavy (non-hydrogen) atoms. The van der Waals surface area contributed by atoms with Gasteiger partial charge in [-0.15, -0.1) is 0 Å². The molecule has 3 atom stereocenters. The van der Waals surface area contributed by atoms with E-state index in [0.717, 1.165) is 18.9 Å². The molecule has 98 valence electrons. The maximum absolute atomic E-state index is 12.3. The van der Waals surface area contributed by atoms with Crippen molar-refractivity contribution in [1.82, 2.24) is 10.2 Å². The van der Waals surface area contributed by atoms with Crippen molar-refractivity contribution in [3.8, 4) is 0 Å². The van der Waals surface area contributed by atoms with Gasteiger partial charge in [0, 0.05) is 6.54 Å². The number of nitrogens with one attached hydrogen (secondary N) is 1. The second-order valence-corrected chi connectivity index (χ2v) is 6.12. The molecule has 2 aliphatic rings. The Kier molecular flexibility index (Phi) is 3.76. The predicted octanol–water partition coefficient (Wildman–Crippen LogP) is 2.22. The monoisotopic (exact) mass is 238 g/mol. The van der Waals surface area contributed by atoms with Gasteiger partial charge in [-0.2, -0.15) is 0 Å². The first-order chi connectivity index (χ1) is 8.04. The number of hydrogen-bond donors (Lipinski definition) is 1. The van der Waals surface area contributed by atoms with Gasteiger partial charge in [-0.3, -0.25) is 10.1 Å². The van der Waals surface area contributed by atoms with Crippen LogP contribution in [0.4, 0.5) is 0 Å². The van der Waals surface area contributed by atoms with E-state index in [1.807, 2.05) is 0 Å². The minimum Gasteiger partial charge on any atom is -0.325 e. The molecule has 1 N–H and O–H groups in total. The molecule has 0 aromatic heterocycles. The maximum atomic E-state index is 12.3. The fourth-order valence-electron chi connectivity index (χ4n) is 2.88. The molecule has 1 saturated carbocycles. The molecule has 0 radical (unpaired) electrons. The zero-order valence-corrected chi connectivity index (χ0v) is 11.6. The van der Waals surface area contributed by atoms with E-state index in [1.54, 1.807) is 0 Å². The van der Waals surface area contributed by atoms with Gasteiger partial charge in [0.25, 0.3) is 0 Å². The molecule has 3 unspecified atom stereocenters. The molecule has 1 heterocycles. The van der Waals surface area contributed by atoms with E-state index >= 15 is 0 Å². The molecule has 1 aliphatic carbocycles. The van der Waals surface area contributed by atoms with Gasteiger partial charge in [0.2, 0.25) is 5.91 Å². The summed E-state index contributed by atoms with van der Waals surface area (Å²) in [5.41, 5.74) is 0.